The van der Waals surface area contributed by atoms with Crippen molar-refractivity contribution in [1.29, 1.82) is 0 Å². The van der Waals surface area contributed by atoms with Gasteiger partial charge in [-0.1, -0.05) is 29.8 Å². The highest BCUT2D eigenvalue weighted by molar-refractivity contribution is 9.08. The van der Waals surface area contributed by atoms with Gasteiger partial charge in [-0.2, -0.15) is 0 Å². The highest BCUT2D eigenvalue weighted by atomic mass is 79.9. The van der Waals surface area contributed by atoms with E-state index in [4.69, 9.17) is 0 Å². The Morgan fingerprint density at radius 2 is 1.83 bits per heavy atom. The number of halogens is 2. The molecule has 0 aliphatic rings. The summed E-state index contributed by atoms with van der Waals surface area (Å²) in [5.74, 6) is -0.308. The van der Waals surface area contributed by atoms with Crippen LogP contribution in [0.2, 0.25) is 0 Å². The Labute approximate surface area is 149 Å². The van der Waals surface area contributed by atoms with Gasteiger partial charge in [0.1, 0.15) is 5.82 Å². The molecule has 0 saturated carbocycles. The number of hydrogen-bond donors (Lipinski definition) is 1. The predicted molar refractivity (Wildman–Crippen MR) is 97.2 cm³/mol. The lowest BCUT2D eigenvalue weighted by Crippen LogP contribution is -2.18. The first-order valence-corrected chi connectivity index (χ1v) is 10.3. The van der Waals surface area contributed by atoms with E-state index >= 15 is 0 Å². The monoisotopic (exact) mass is 415 g/mol. The van der Waals surface area contributed by atoms with Crippen molar-refractivity contribution in [3.8, 4) is 11.3 Å². The van der Waals surface area contributed by atoms with Gasteiger partial charge in [0, 0.05) is 16.5 Å². The van der Waals surface area contributed by atoms with Crippen LogP contribution in [0.1, 0.15) is 37.9 Å². The second-order valence-corrected chi connectivity index (χ2v) is 8.13. The first-order chi connectivity index (χ1) is 11.3. The van der Waals surface area contributed by atoms with E-state index < -0.39 is 10.0 Å². The second kappa shape index (κ2) is 7.57. The number of aromatic nitrogens is 2. The zero-order valence-electron chi connectivity index (χ0n) is 13.7. The van der Waals surface area contributed by atoms with E-state index in [1.807, 2.05) is 13.8 Å². The van der Waals surface area contributed by atoms with Crippen molar-refractivity contribution in [3.63, 3.8) is 0 Å². The van der Waals surface area contributed by atoms with Crippen molar-refractivity contribution in [1.82, 2.24) is 9.97 Å². The summed E-state index contributed by atoms with van der Waals surface area (Å²) < 4.78 is 39.3. The minimum absolute atomic E-state index is 0.0320. The molecule has 0 bridgehead atoms. The topological polar surface area (TPSA) is 72.0 Å². The molecule has 0 amide bonds. The fourth-order valence-corrected chi connectivity index (χ4v) is 3.28. The van der Waals surface area contributed by atoms with E-state index in [-0.39, 0.29) is 23.4 Å². The number of sulfonamides is 1. The summed E-state index contributed by atoms with van der Waals surface area (Å²) in [6.07, 6.45) is 0. The molecule has 1 heterocycles. The zero-order valence-corrected chi connectivity index (χ0v) is 16.1. The highest BCUT2D eigenvalue weighted by Crippen LogP contribution is 2.31. The third-order valence-electron chi connectivity index (χ3n) is 3.46. The lowest BCUT2D eigenvalue weighted by molar-refractivity contribution is 0.602. The predicted octanol–water partition coefficient (Wildman–Crippen LogP) is 4.06. The zero-order chi connectivity index (χ0) is 17.9. The summed E-state index contributed by atoms with van der Waals surface area (Å²) in [6, 6.07) is 5.93. The van der Waals surface area contributed by atoms with Gasteiger partial charge in [0.05, 0.1) is 17.1 Å². The van der Waals surface area contributed by atoms with E-state index in [1.54, 1.807) is 19.1 Å². The lowest BCUT2D eigenvalue weighted by atomic mass is 10.00. The molecule has 130 valence electrons. The SMILES string of the molecule is CCS(=O)(=O)Nc1nc(-c2ccc(F)cc2)c(CBr)c(C(C)C)n1. The van der Waals surface area contributed by atoms with Gasteiger partial charge in [-0.05, 0) is 37.1 Å². The van der Waals surface area contributed by atoms with Crippen LogP contribution in [-0.4, -0.2) is 24.1 Å². The highest BCUT2D eigenvalue weighted by Gasteiger charge is 2.19. The van der Waals surface area contributed by atoms with Gasteiger partial charge in [0.15, 0.2) is 0 Å². The molecule has 0 saturated heterocycles. The standard InChI is InChI=1S/C16H19BrFN3O2S/c1-4-24(22,23)21-16-19-14(10(2)3)13(9-17)15(20-16)11-5-7-12(18)8-6-11/h5-8,10H,4,9H2,1-3H3,(H,19,20,21). The van der Waals surface area contributed by atoms with Crippen LogP contribution < -0.4 is 4.72 Å². The summed E-state index contributed by atoms with van der Waals surface area (Å²) in [7, 11) is -3.49. The minimum Gasteiger partial charge on any atom is -0.251 e. The Morgan fingerprint density at radius 1 is 1.21 bits per heavy atom. The van der Waals surface area contributed by atoms with E-state index in [9.17, 15) is 12.8 Å². The van der Waals surface area contributed by atoms with Gasteiger partial charge >= 0.3 is 0 Å². The first kappa shape index (κ1) is 18.8. The van der Waals surface area contributed by atoms with E-state index in [1.165, 1.54) is 12.1 Å². The summed E-state index contributed by atoms with van der Waals surface area (Å²) in [4.78, 5) is 8.74. The first-order valence-electron chi connectivity index (χ1n) is 7.50. The molecule has 2 rings (SSSR count). The van der Waals surface area contributed by atoms with Gasteiger partial charge < -0.3 is 0 Å². The van der Waals surface area contributed by atoms with Crippen molar-refractivity contribution >= 4 is 31.9 Å². The van der Waals surface area contributed by atoms with Crippen LogP contribution in [0.25, 0.3) is 11.3 Å². The van der Waals surface area contributed by atoms with E-state index in [0.717, 1.165) is 11.3 Å². The average Bonchev–Trinajstić information content (AvgIpc) is 2.54. The summed E-state index contributed by atoms with van der Waals surface area (Å²) in [6.45, 7) is 5.49. The van der Waals surface area contributed by atoms with E-state index in [0.29, 0.717) is 16.6 Å². The third kappa shape index (κ3) is 4.30. The normalized spacial score (nSPS) is 11.8. The van der Waals surface area contributed by atoms with Gasteiger partial charge in [0.2, 0.25) is 16.0 Å². The molecule has 1 aromatic heterocycles. The number of hydrogen-bond acceptors (Lipinski definition) is 4. The number of anilines is 1. The molecule has 2 aromatic rings. The van der Waals surface area contributed by atoms with Gasteiger partial charge in [-0.3, -0.25) is 4.72 Å². The summed E-state index contributed by atoms with van der Waals surface area (Å²) in [5.41, 5.74) is 2.89. The second-order valence-electron chi connectivity index (χ2n) is 5.56. The molecule has 0 spiro atoms. The Morgan fingerprint density at radius 3 is 2.33 bits per heavy atom. The van der Waals surface area contributed by atoms with Crippen LogP contribution in [0.15, 0.2) is 24.3 Å². The van der Waals surface area contributed by atoms with Crippen LogP contribution >= 0.6 is 15.9 Å². The Kier molecular flexibility index (Phi) is 5.92. The lowest BCUT2D eigenvalue weighted by Gasteiger charge is -2.17. The molecule has 0 fully saturated rings. The molecule has 1 N–H and O–H groups in total. The van der Waals surface area contributed by atoms with Crippen LogP contribution in [0.4, 0.5) is 10.3 Å². The minimum atomic E-state index is -3.49. The fourth-order valence-electron chi connectivity index (χ4n) is 2.21. The fraction of sp³-hybridized carbons (Fsp3) is 0.375. The maximum absolute atomic E-state index is 13.2. The molecule has 0 aliphatic carbocycles. The molecular formula is C16H19BrFN3O2S. The van der Waals surface area contributed by atoms with Crippen LogP contribution in [-0.2, 0) is 15.4 Å². The quantitative estimate of drug-likeness (QED) is 0.721. The van der Waals surface area contributed by atoms with Gasteiger partial charge in [-0.15, -0.1) is 0 Å². The van der Waals surface area contributed by atoms with Gasteiger partial charge in [0.25, 0.3) is 0 Å². The molecule has 8 heteroatoms. The van der Waals surface area contributed by atoms with E-state index in [2.05, 4.69) is 30.6 Å². The Balaban J connectivity index is 2.66. The van der Waals surface area contributed by atoms with Gasteiger partial charge in [-0.25, -0.2) is 22.8 Å². The smallest absolute Gasteiger partial charge is 0.237 e. The number of nitrogens with one attached hydrogen (secondary N) is 1. The van der Waals surface area contributed by atoms with Crippen molar-refractivity contribution in [2.75, 3.05) is 10.5 Å². The largest absolute Gasteiger partial charge is 0.251 e. The molecular weight excluding hydrogens is 397 g/mol. The molecule has 1 aromatic carbocycles. The van der Waals surface area contributed by atoms with Crippen LogP contribution in [0.3, 0.4) is 0 Å². The van der Waals surface area contributed by atoms with Crippen LogP contribution in [0, 0.1) is 5.82 Å². The number of benzene rings is 1. The third-order valence-corrected chi connectivity index (χ3v) is 5.28. The number of nitrogens with zero attached hydrogens (tertiary/aromatic N) is 2. The van der Waals surface area contributed by atoms with Crippen molar-refractivity contribution in [3.05, 3.63) is 41.3 Å². The average molecular weight is 416 g/mol. The molecule has 0 aliphatic heterocycles. The molecule has 5 nitrogen and oxygen atoms in total. The Hall–Kier alpha value is -1.54. The number of alkyl halides is 1. The molecule has 24 heavy (non-hydrogen) atoms. The molecule has 0 radical (unpaired) electrons. The maximum Gasteiger partial charge on any atom is 0.237 e. The number of rotatable bonds is 6. The summed E-state index contributed by atoms with van der Waals surface area (Å²) >= 11 is 3.45. The maximum atomic E-state index is 13.2. The summed E-state index contributed by atoms with van der Waals surface area (Å²) in [5, 5.41) is 0.508. The van der Waals surface area contributed by atoms with Crippen molar-refractivity contribution in [2.24, 2.45) is 0 Å². The Bertz CT molecular complexity index is 824. The van der Waals surface area contributed by atoms with Crippen molar-refractivity contribution in [2.45, 2.75) is 32.0 Å². The molecule has 0 atom stereocenters. The van der Waals surface area contributed by atoms with Crippen molar-refractivity contribution < 1.29 is 12.8 Å². The van der Waals surface area contributed by atoms with Crippen LogP contribution in [0.5, 0.6) is 0 Å². The molecule has 0 unspecified atom stereocenters.